The maximum Gasteiger partial charge on any atom is 0.236 e. The van der Waals surface area contributed by atoms with Crippen molar-refractivity contribution >= 4 is 27.3 Å². The summed E-state index contributed by atoms with van der Waals surface area (Å²) in [5.74, 6) is -0.921. The third-order valence-corrected chi connectivity index (χ3v) is 5.38. The molecule has 0 saturated heterocycles. The highest BCUT2D eigenvalue weighted by molar-refractivity contribution is 7.90. The first-order valence-electron chi connectivity index (χ1n) is 7.29. The number of hydrogen-bond donors (Lipinski definition) is 2. The summed E-state index contributed by atoms with van der Waals surface area (Å²) in [6, 6.07) is 3.38. The largest absolute Gasteiger partial charge is 0.354 e. The van der Waals surface area contributed by atoms with Crippen LogP contribution in [0.15, 0.2) is 18.2 Å². The summed E-state index contributed by atoms with van der Waals surface area (Å²) in [6.45, 7) is 0.351. The zero-order chi connectivity index (χ0) is 17.3. The van der Waals surface area contributed by atoms with Gasteiger partial charge in [-0.2, -0.15) is 0 Å². The molecule has 8 heteroatoms. The topological polar surface area (TPSA) is 89.3 Å². The highest BCUT2D eigenvalue weighted by Crippen LogP contribution is 2.50. The Hall–Kier alpha value is -1.18. The predicted molar refractivity (Wildman–Crippen MR) is 87.6 cm³/mol. The first kappa shape index (κ1) is 18.2. The minimum atomic E-state index is -3.15. The van der Waals surface area contributed by atoms with E-state index in [2.05, 4.69) is 5.32 Å². The van der Waals surface area contributed by atoms with Crippen LogP contribution in [0.2, 0.25) is 5.02 Å². The molecule has 2 rings (SSSR count). The van der Waals surface area contributed by atoms with Crippen LogP contribution < -0.4 is 11.1 Å². The lowest BCUT2D eigenvalue weighted by Crippen LogP contribution is -2.44. The molecule has 1 fully saturated rings. The molecule has 1 aliphatic carbocycles. The molecular weight excluding hydrogens is 343 g/mol. The lowest BCUT2D eigenvalue weighted by Gasteiger charge is -2.19. The van der Waals surface area contributed by atoms with Gasteiger partial charge in [-0.1, -0.05) is 17.7 Å². The molecule has 5 nitrogen and oxygen atoms in total. The average Bonchev–Trinajstić information content (AvgIpc) is 3.22. The van der Waals surface area contributed by atoms with Crippen LogP contribution in [0.3, 0.4) is 0 Å². The summed E-state index contributed by atoms with van der Waals surface area (Å²) in [4.78, 5) is 12.0. The van der Waals surface area contributed by atoms with Gasteiger partial charge in [-0.25, -0.2) is 12.8 Å². The Balaban J connectivity index is 1.93. The predicted octanol–water partition coefficient (Wildman–Crippen LogP) is 1.39. The molecule has 1 amide bonds. The van der Waals surface area contributed by atoms with E-state index in [1.165, 1.54) is 12.1 Å². The van der Waals surface area contributed by atoms with Gasteiger partial charge in [-0.15, -0.1) is 0 Å². The molecule has 23 heavy (non-hydrogen) atoms. The first-order valence-corrected chi connectivity index (χ1v) is 9.73. The lowest BCUT2D eigenvalue weighted by molar-refractivity contribution is -0.122. The third kappa shape index (κ3) is 4.89. The second-order valence-electron chi connectivity index (χ2n) is 6.15. The standard InChI is InChI=1S/C15H20ClFN2O3S/c1-23(21,22)7-4-13(18)14(20)19-9-15(5-6-15)11-3-2-10(17)8-12(11)16/h2-3,8,13H,4-7,9,18H2,1H3,(H,19,20). The van der Waals surface area contributed by atoms with Crippen molar-refractivity contribution in [2.75, 3.05) is 18.6 Å². The summed E-state index contributed by atoms with van der Waals surface area (Å²) in [5.41, 5.74) is 6.24. The highest BCUT2D eigenvalue weighted by Gasteiger charge is 2.45. The van der Waals surface area contributed by atoms with E-state index < -0.39 is 27.6 Å². The Kier molecular flexibility index (Phi) is 5.33. The maximum absolute atomic E-state index is 13.1. The van der Waals surface area contributed by atoms with Gasteiger partial charge in [0.1, 0.15) is 15.7 Å². The molecule has 1 unspecified atom stereocenters. The van der Waals surface area contributed by atoms with Crippen molar-refractivity contribution in [1.82, 2.24) is 5.32 Å². The molecule has 128 valence electrons. The van der Waals surface area contributed by atoms with Crippen molar-refractivity contribution in [3.05, 3.63) is 34.6 Å². The number of nitrogens with one attached hydrogen (secondary N) is 1. The SMILES string of the molecule is CS(=O)(=O)CCC(N)C(=O)NCC1(c2ccc(F)cc2Cl)CC1. The fraction of sp³-hybridized carbons (Fsp3) is 0.533. The van der Waals surface area contributed by atoms with Crippen molar-refractivity contribution in [2.24, 2.45) is 5.73 Å². The summed E-state index contributed by atoms with van der Waals surface area (Å²) < 4.78 is 35.3. The first-order chi connectivity index (χ1) is 10.6. The number of halogens is 2. The van der Waals surface area contributed by atoms with Crippen LogP contribution in [-0.2, 0) is 20.0 Å². The molecule has 0 aromatic heterocycles. The Morgan fingerprint density at radius 2 is 2.13 bits per heavy atom. The molecule has 0 heterocycles. The molecule has 1 saturated carbocycles. The number of benzene rings is 1. The fourth-order valence-corrected chi connectivity index (χ4v) is 3.52. The summed E-state index contributed by atoms with van der Waals surface area (Å²) in [5, 5.41) is 3.10. The second-order valence-corrected chi connectivity index (χ2v) is 8.81. The zero-order valence-electron chi connectivity index (χ0n) is 12.8. The number of rotatable bonds is 7. The van der Waals surface area contributed by atoms with Crippen LogP contribution in [0.1, 0.15) is 24.8 Å². The molecule has 1 aromatic rings. The van der Waals surface area contributed by atoms with Gasteiger partial charge in [0.25, 0.3) is 0 Å². The number of carbonyl (C=O) groups is 1. The third-order valence-electron chi connectivity index (χ3n) is 4.09. The van der Waals surface area contributed by atoms with Crippen LogP contribution in [0.25, 0.3) is 0 Å². The molecule has 0 aliphatic heterocycles. The summed E-state index contributed by atoms with van der Waals surface area (Å²) in [6.07, 6.45) is 2.87. The number of sulfone groups is 1. The minimum Gasteiger partial charge on any atom is -0.354 e. The van der Waals surface area contributed by atoms with E-state index >= 15 is 0 Å². The number of amides is 1. The van der Waals surface area contributed by atoms with Gasteiger partial charge in [0, 0.05) is 23.2 Å². The average molecular weight is 363 g/mol. The van der Waals surface area contributed by atoms with E-state index in [0.29, 0.717) is 11.6 Å². The van der Waals surface area contributed by atoms with Crippen molar-refractivity contribution in [3.63, 3.8) is 0 Å². The Morgan fingerprint density at radius 1 is 1.48 bits per heavy atom. The number of carbonyl (C=O) groups excluding carboxylic acids is 1. The molecule has 1 aromatic carbocycles. The molecule has 0 radical (unpaired) electrons. The minimum absolute atomic E-state index is 0.0783. The molecule has 1 atom stereocenters. The molecule has 1 aliphatic rings. The van der Waals surface area contributed by atoms with Gasteiger partial charge in [-0.3, -0.25) is 4.79 Å². The van der Waals surface area contributed by atoms with E-state index in [0.717, 1.165) is 24.7 Å². The molecule has 3 N–H and O–H groups in total. The van der Waals surface area contributed by atoms with Gasteiger partial charge in [0.2, 0.25) is 5.91 Å². The summed E-state index contributed by atoms with van der Waals surface area (Å²) in [7, 11) is -3.15. The molecule has 0 spiro atoms. The number of hydrogen-bond acceptors (Lipinski definition) is 4. The maximum atomic E-state index is 13.1. The van der Waals surface area contributed by atoms with Gasteiger partial charge in [0.05, 0.1) is 11.8 Å². The monoisotopic (exact) mass is 362 g/mol. The van der Waals surface area contributed by atoms with Crippen molar-refractivity contribution in [3.8, 4) is 0 Å². The quantitative estimate of drug-likeness (QED) is 0.767. The van der Waals surface area contributed by atoms with E-state index in [1.807, 2.05) is 0 Å². The van der Waals surface area contributed by atoms with Crippen LogP contribution in [0.4, 0.5) is 4.39 Å². The molecule has 0 bridgehead atoms. The van der Waals surface area contributed by atoms with E-state index in [1.54, 1.807) is 6.07 Å². The second kappa shape index (κ2) is 6.75. The Morgan fingerprint density at radius 3 is 2.65 bits per heavy atom. The van der Waals surface area contributed by atoms with E-state index in [-0.39, 0.29) is 17.6 Å². The zero-order valence-corrected chi connectivity index (χ0v) is 14.4. The van der Waals surface area contributed by atoms with Crippen LogP contribution in [0, 0.1) is 5.82 Å². The Bertz CT molecular complexity index is 705. The smallest absolute Gasteiger partial charge is 0.236 e. The van der Waals surface area contributed by atoms with Crippen molar-refractivity contribution in [2.45, 2.75) is 30.7 Å². The van der Waals surface area contributed by atoms with E-state index in [9.17, 15) is 17.6 Å². The highest BCUT2D eigenvalue weighted by atomic mass is 35.5. The van der Waals surface area contributed by atoms with Gasteiger partial charge in [0.15, 0.2) is 0 Å². The fourth-order valence-electron chi connectivity index (χ4n) is 2.47. The lowest BCUT2D eigenvalue weighted by atomic mass is 9.95. The molecular formula is C15H20ClFN2O3S. The van der Waals surface area contributed by atoms with Crippen molar-refractivity contribution in [1.29, 1.82) is 0 Å². The Labute approximate surface area is 140 Å². The van der Waals surface area contributed by atoms with Crippen LogP contribution >= 0.6 is 11.6 Å². The van der Waals surface area contributed by atoms with Gasteiger partial charge in [-0.05, 0) is 37.0 Å². The summed E-state index contributed by atoms with van der Waals surface area (Å²) >= 11 is 6.09. The van der Waals surface area contributed by atoms with Crippen LogP contribution in [0.5, 0.6) is 0 Å². The number of nitrogens with two attached hydrogens (primary N) is 1. The normalized spacial score (nSPS) is 17.6. The van der Waals surface area contributed by atoms with Gasteiger partial charge < -0.3 is 11.1 Å². The van der Waals surface area contributed by atoms with Crippen molar-refractivity contribution < 1.29 is 17.6 Å². The van der Waals surface area contributed by atoms with Crippen LogP contribution in [-0.4, -0.2) is 38.9 Å². The van der Waals surface area contributed by atoms with E-state index in [4.69, 9.17) is 17.3 Å². The van der Waals surface area contributed by atoms with Gasteiger partial charge >= 0.3 is 0 Å².